The largest absolute Gasteiger partial charge is 0.392 e. The van der Waals surface area contributed by atoms with Gasteiger partial charge in [0.1, 0.15) is 0 Å². The molecule has 0 aromatic rings. The topological polar surface area (TPSA) is 32.3 Å². The van der Waals surface area contributed by atoms with Crippen molar-refractivity contribution in [3.63, 3.8) is 0 Å². The molecule has 0 aliphatic carbocycles. The normalized spacial score (nSPS) is 36.7. The fourth-order valence-corrected chi connectivity index (χ4v) is 1.25. The first kappa shape index (κ1) is 7.03. The Kier molecular flexibility index (Phi) is 2.49. The molecule has 1 saturated heterocycles. The number of nitrogens with one attached hydrogen (secondary N) is 1. The lowest BCUT2D eigenvalue weighted by molar-refractivity contribution is 0.125. The molecule has 2 unspecified atom stereocenters. The quantitative estimate of drug-likeness (QED) is 0.540. The summed E-state index contributed by atoms with van der Waals surface area (Å²) in [6.07, 6.45) is 3.21. The molecular formula is C7H15NO. The van der Waals surface area contributed by atoms with Gasteiger partial charge in [0.25, 0.3) is 0 Å². The summed E-state index contributed by atoms with van der Waals surface area (Å²) in [5.41, 5.74) is 0. The van der Waals surface area contributed by atoms with Crippen molar-refractivity contribution in [1.82, 2.24) is 5.32 Å². The monoisotopic (exact) mass is 129 g/mol. The smallest absolute Gasteiger partial charge is 0.0665 e. The molecule has 0 spiro atoms. The fraction of sp³-hybridized carbons (Fsp3) is 1.00. The summed E-state index contributed by atoms with van der Waals surface area (Å²) >= 11 is 0. The number of aliphatic hydroxyl groups excluding tert-OH is 1. The Morgan fingerprint density at radius 3 is 2.78 bits per heavy atom. The Bertz CT molecular complexity index is 77.0. The van der Waals surface area contributed by atoms with E-state index in [0.717, 1.165) is 19.4 Å². The van der Waals surface area contributed by atoms with Gasteiger partial charge in [0, 0.05) is 12.6 Å². The molecule has 0 aromatic carbocycles. The minimum absolute atomic E-state index is 0.0900. The van der Waals surface area contributed by atoms with Gasteiger partial charge in [-0.3, -0.25) is 0 Å². The summed E-state index contributed by atoms with van der Waals surface area (Å²) in [4.78, 5) is 0. The first-order valence-corrected chi connectivity index (χ1v) is 3.74. The van der Waals surface area contributed by atoms with Crippen LogP contribution in [0.3, 0.4) is 0 Å². The fourth-order valence-electron chi connectivity index (χ4n) is 1.25. The van der Waals surface area contributed by atoms with Crippen LogP contribution in [0.25, 0.3) is 0 Å². The number of β-amino-alcohol motifs (C(OH)–C–C–N with tert-alkyl or cyclic N) is 1. The van der Waals surface area contributed by atoms with Crippen molar-refractivity contribution in [2.24, 2.45) is 0 Å². The van der Waals surface area contributed by atoms with Crippen LogP contribution in [0.15, 0.2) is 0 Å². The Balaban J connectivity index is 2.18. The van der Waals surface area contributed by atoms with Gasteiger partial charge in [0.15, 0.2) is 0 Å². The van der Waals surface area contributed by atoms with E-state index in [1.165, 1.54) is 6.42 Å². The number of aliphatic hydroxyl groups is 1. The Morgan fingerprint density at radius 1 is 1.56 bits per heavy atom. The molecule has 2 heteroatoms. The van der Waals surface area contributed by atoms with E-state index >= 15 is 0 Å². The van der Waals surface area contributed by atoms with Crippen LogP contribution in [0, 0.1) is 0 Å². The molecule has 1 rings (SSSR count). The SMILES string of the molecule is CCC1CCC(O)CN1. The van der Waals surface area contributed by atoms with Crippen molar-refractivity contribution in [2.45, 2.75) is 38.3 Å². The molecule has 54 valence electrons. The molecule has 0 amide bonds. The summed E-state index contributed by atoms with van der Waals surface area (Å²) in [6, 6.07) is 0.661. The molecule has 1 heterocycles. The van der Waals surface area contributed by atoms with E-state index < -0.39 is 0 Å². The number of rotatable bonds is 1. The standard InChI is InChI=1S/C7H15NO/c1-2-6-3-4-7(9)5-8-6/h6-9H,2-5H2,1H3. The second-order valence-corrected chi connectivity index (χ2v) is 2.74. The molecule has 2 atom stereocenters. The van der Waals surface area contributed by atoms with E-state index in [4.69, 9.17) is 5.11 Å². The van der Waals surface area contributed by atoms with Crippen LogP contribution in [0.2, 0.25) is 0 Å². The van der Waals surface area contributed by atoms with E-state index in [9.17, 15) is 0 Å². The molecule has 1 aliphatic rings. The van der Waals surface area contributed by atoms with Gasteiger partial charge in [-0.1, -0.05) is 6.92 Å². The lowest BCUT2D eigenvalue weighted by Crippen LogP contribution is -2.40. The molecule has 2 nitrogen and oxygen atoms in total. The summed E-state index contributed by atoms with van der Waals surface area (Å²) in [6.45, 7) is 2.97. The summed E-state index contributed by atoms with van der Waals surface area (Å²) in [7, 11) is 0. The maximum absolute atomic E-state index is 9.06. The first-order valence-electron chi connectivity index (χ1n) is 3.74. The number of hydrogen-bond donors (Lipinski definition) is 2. The average Bonchev–Trinajstić information content (AvgIpc) is 1.90. The highest BCUT2D eigenvalue weighted by Gasteiger charge is 2.15. The molecule has 0 aromatic heterocycles. The van der Waals surface area contributed by atoms with Crippen LogP contribution in [0.5, 0.6) is 0 Å². The molecule has 9 heavy (non-hydrogen) atoms. The van der Waals surface area contributed by atoms with Crippen LogP contribution in [-0.2, 0) is 0 Å². The van der Waals surface area contributed by atoms with E-state index in [2.05, 4.69) is 12.2 Å². The molecule has 2 N–H and O–H groups in total. The van der Waals surface area contributed by atoms with Gasteiger partial charge in [-0.15, -0.1) is 0 Å². The predicted molar refractivity (Wildman–Crippen MR) is 37.3 cm³/mol. The third-order valence-corrected chi connectivity index (χ3v) is 1.98. The van der Waals surface area contributed by atoms with Crippen LogP contribution in [0.4, 0.5) is 0 Å². The van der Waals surface area contributed by atoms with Crippen LogP contribution >= 0.6 is 0 Å². The van der Waals surface area contributed by atoms with Crippen molar-refractivity contribution >= 4 is 0 Å². The number of piperidine rings is 1. The first-order chi connectivity index (χ1) is 4.33. The van der Waals surface area contributed by atoms with Crippen molar-refractivity contribution in [3.05, 3.63) is 0 Å². The second-order valence-electron chi connectivity index (χ2n) is 2.74. The lowest BCUT2D eigenvalue weighted by atomic mass is 10.0. The van der Waals surface area contributed by atoms with Crippen molar-refractivity contribution in [2.75, 3.05) is 6.54 Å². The van der Waals surface area contributed by atoms with Crippen LogP contribution in [0.1, 0.15) is 26.2 Å². The van der Waals surface area contributed by atoms with E-state index in [-0.39, 0.29) is 6.10 Å². The minimum atomic E-state index is -0.0900. The van der Waals surface area contributed by atoms with Gasteiger partial charge in [-0.05, 0) is 19.3 Å². The van der Waals surface area contributed by atoms with Crippen molar-refractivity contribution in [1.29, 1.82) is 0 Å². The molecule has 0 bridgehead atoms. The highest BCUT2D eigenvalue weighted by Crippen LogP contribution is 2.09. The van der Waals surface area contributed by atoms with Gasteiger partial charge in [0.05, 0.1) is 6.10 Å². The zero-order valence-electron chi connectivity index (χ0n) is 5.93. The third kappa shape index (κ3) is 1.95. The molecular weight excluding hydrogens is 114 g/mol. The average molecular weight is 129 g/mol. The van der Waals surface area contributed by atoms with Crippen molar-refractivity contribution in [3.8, 4) is 0 Å². The Hall–Kier alpha value is -0.0800. The second kappa shape index (κ2) is 3.18. The van der Waals surface area contributed by atoms with E-state index in [1.807, 2.05) is 0 Å². The zero-order chi connectivity index (χ0) is 6.69. The van der Waals surface area contributed by atoms with Gasteiger partial charge < -0.3 is 10.4 Å². The molecule has 1 aliphatic heterocycles. The molecule has 1 fully saturated rings. The maximum atomic E-state index is 9.06. The van der Waals surface area contributed by atoms with Gasteiger partial charge >= 0.3 is 0 Å². The third-order valence-electron chi connectivity index (χ3n) is 1.98. The highest BCUT2D eigenvalue weighted by atomic mass is 16.3. The van der Waals surface area contributed by atoms with Crippen LogP contribution in [-0.4, -0.2) is 23.8 Å². The number of hydrogen-bond acceptors (Lipinski definition) is 2. The summed E-state index contributed by atoms with van der Waals surface area (Å²) in [5, 5.41) is 12.3. The van der Waals surface area contributed by atoms with Crippen LogP contribution < -0.4 is 5.32 Å². The van der Waals surface area contributed by atoms with Crippen molar-refractivity contribution < 1.29 is 5.11 Å². The minimum Gasteiger partial charge on any atom is -0.392 e. The summed E-state index contributed by atoms with van der Waals surface area (Å²) in [5.74, 6) is 0. The lowest BCUT2D eigenvalue weighted by Gasteiger charge is -2.25. The van der Waals surface area contributed by atoms with Gasteiger partial charge in [0.2, 0.25) is 0 Å². The van der Waals surface area contributed by atoms with Gasteiger partial charge in [-0.2, -0.15) is 0 Å². The van der Waals surface area contributed by atoms with Gasteiger partial charge in [-0.25, -0.2) is 0 Å². The zero-order valence-corrected chi connectivity index (χ0v) is 5.93. The van der Waals surface area contributed by atoms with E-state index in [1.54, 1.807) is 0 Å². The van der Waals surface area contributed by atoms with E-state index in [0.29, 0.717) is 6.04 Å². The summed E-state index contributed by atoms with van der Waals surface area (Å²) < 4.78 is 0. The Labute approximate surface area is 56.3 Å². The molecule has 0 saturated carbocycles. The predicted octanol–water partition coefficient (Wildman–Crippen LogP) is 0.509. The maximum Gasteiger partial charge on any atom is 0.0665 e. The molecule has 0 radical (unpaired) electrons. The highest BCUT2D eigenvalue weighted by molar-refractivity contribution is 4.75. The Morgan fingerprint density at radius 2 is 2.33 bits per heavy atom.